The van der Waals surface area contributed by atoms with E-state index in [9.17, 15) is 13.2 Å². The van der Waals surface area contributed by atoms with Crippen LogP contribution in [0.4, 0.5) is 13.2 Å². The van der Waals surface area contributed by atoms with Crippen LogP contribution in [0.5, 0.6) is 11.5 Å². The van der Waals surface area contributed by atoms with Gasteiger partial charge in [-0.3, -0.25) is 4.90 Å². The summed E-state index contributed by atoms with van der Waals surface area (Å²) in [5, 5.41) is 4.44. The molecule has 10 heteroatoms. The van der Waals surface area contributed by atoms with E-state index >= 15 is 0 Å². The van der Waals surface area contributed by atoms with Crippen LogP contribution in [0.2, 0.25) is 0 Å². The summed E-state index contributed by atoms with van der Waals surface area (Å²) in [5.41, 5.74) is 0. The van der Waals surface area contributed by atoms with Gasteiger partial charge < -0.3 is 14.0 Å². The number of hydrogen-bond acceptors (Lipinski definition) is 5. The van der Waals surface area contributed by atoms with E-state index in [2.05, 4.69) is 5.10 Å². The molecular weight excluding hydrogens is 393 g/mol. The fourth-order valence-electron chi connectivity index (χ4n) is 3.16. The summed E-state index contributed by atoms with van der Waals surface area (Å²) >= 11 is 5.39. The first-order valence-corrected chi connectivity index (χ1v) is 9.36. The van der Waals surface area contributed by atoms with Gasteiger partial charge in [-0.1, -0.05) is 26.0 Å². The molecule has 1 aromatic heterocycles. The monoisotopic (exact) mass is 416 g/mol. The van der Waals surface area contributed by atoms with E-state index in [0.29, 0.717) is 22.1 Å². The first kappa shape index (κ1) is 20.7. The van der Waals surface area contributed by atoms with Crippen molar-refractivity contribution in [2.24, 2.45) is 13.0 Å². The summed E-state index contributed by atoms with van der Waals surface area (Å²) in [6.45, 7) is 3.20. The minimum absolute atomic E-state index is 0.0471. The Labute approximate surface area is 166 Å². The van der Waals surface area contributed by atoms with Crippen molar-refractivity contribution in [3.05, 3.63) is 34.9 Å². The van der Waals surface area contributed by atoms with Crippen molar-refractivity contribution in [3.63, 3.8) is 0 Å². The molecule has 0 spiro atoms. The molecule has 3 rings (SSSR count). The van der Waals surface area contributed by atoms with Crippen LogP contribution in [0, 0.1) is 10.7 Å². The normalized spacial score (nSPS) is 16.8. The molecule has 1 atom stereocenters. The molecule has 0 radical (unpaired) electrons. The van der Waals surface area contributed by atoms with Crippen LogP contribution in [0.25, 0.3) is 0 Å². The zero-order chi connectivity index (χ0) is 20.5. The van der Waals surface area contributed by atoms with Crippen LogP contribution in [0.15, 0.2) is 24.3 Å². The maximum Gasteiger partial charge on any atom is 0.401 e. The third kappa shape index (κ3) is 4.85. The topological polar surface area (TPSA) is 44.5 Å². The fraction of sp³-hybridized carbons (Fsp3) is 0.556. The first-order chi connectivity index (χ1) is 13.1. The van der Waals surface area contributed by atoms with Crippen molar-refractivity contribution < 1.29 is 22.6 Å². The van der Waals surface area contributed by atoms with Crippen LogP contribution >= 0.6 is 12.2 Å². The molecule has 1 aromatic carbocycles. The molecule has 0 amide bonds. The van der Waals surface area contributed by atoms with Crippen molar-refractivity contribution in [2.75, 3.05) is 19.7 Å². The van der Waals surface area contributed by atoms with E-state index < -0.39 is 18.8 Å². The number of hydrogen-bond donors (Lipinski definition) is 0. The molecule has 0 fully saturated rings. The Morgan fingerprint density at radius 3 is 2.61 bits per heavy atom. The molecule has 28 heavy (non-hydrogen) atoms. The second kappa shape index (κ2) is 8.12. The standard InChI is InChI=1S/C18H23F3N4O2S/c1-12(2)8-24(10-18(19,20)21)11-25-17(28)23(3)16(22-25)15-9-26-13-6-4-5-7-14(13)27-15/h4-7,12,15H,8-11H2,1-3H3/t15-/m0/s1. The Morgan fingerprint density at radius 1 is 1.29 bits per heavy atom. The van der Waals surface area contributed by atoms with E-state index in [1.807, 2.05) is 32.0 Å². The lowest BCUT2D eigenvalue weighted by Crippen LogP contribution is -2.38. The second-order valence-corrected chi connectivity index (χ2v) is 7.59. The number of benzene rings is 1. The third-order valence-electron chi connectivity index (χ3n) is 4.23. The predicted octanol–water partition coefficient (Wildman–Crippen LogP) is 3.94. The zero-order valence-electron chi connectivity index (χ0n) is 15.9. The van der Waals surface area contributed by atoms with Gasteiger partial charge in [0, 0.05) is 13.6 Å². The number of ether oxygens (including phenoxy) is 2. The summed E-state index contributed by atoms with van der Waals surface area (Å²) in [4.78, 5) is 1.30. The molecular formula is C18H23F3N4O2S. The van der Waals surface area contributed by atoms with E-state index in [1.165, 1.54) is 9.58 Å². The number of para-hydroxylation sites is 2. The number of rotatable bonds is 6. The maximum absolute atomic E-state index is 12.9. The van der Waals surface area contributed by atoms with Crippen LogP contribution in [0.1, 0.15) is 25.8 Å². The predicted molar refractivity (Wildman–Crippen MR) is 99.8 cm³/mol. The highest BCUT2D eigenvalue weighted by Crippen LogP contribution is 2.35. The third-order valence-corrected chi connectivity index (χ3v) is 4.72. The lowest BCUT2D eigenvalue weighted by atomic mass is 10.2. The maximum atomic E-state index is 12.9. The van der Waals surface area contributed by atoms with Crippen LogP contribution in [0.3, 0.4) is 0 Å². The van der Waals surface area contributed by atoms with Crippen molar-refractivity contribution in [3.8, 4) is 11.5 Å². The number of halogens is 3. The Bertz CT molecular complexity index is 878. The molecule has 0 saturated heterocycles. The first-order valence-electron chi connectivity index (χ1n) is 8.95. The molecule has 2 aromatic rings. The molecule has 154 valence electrons. The lowest BCUT2D eigenvalue weighted by Gasteiger charge is -2.26. The summed E-state index contributed by atoms with van der Waals surface area (Å²) in [5.74, 6) is 1.83. The highest BCUT2D eigenvalue weighted by Gasteiger charge is 2.32. The van der Waals surface area contributed by atoms with E-state index in [-0.39, 0.29) is 25.7 Å². The van der Waals surface area contributed by atoms with Crippen molar-refractivity contribution in [2.45, 2.75) is 32.8 Å². The second-order valence-electron chi connectivity index (χ2n) is 7.23. The highest BCUT2D eigenvalue weighted by molar-refractivity contribution is 7.71. The number of nitrogens with zero attached hydrogens (tertiary/aromatic N) is 4. The Balaban J connectivity index is 1.82. The quantitative estimate of drug-likeness (QED) is 0.668. The number of aromatic nitrogens is 3. The molecule has 0 aliphatic carbocycles. The summed E-state index contributed by atoms with van der Waals surface area (Å²) < 4.78 is 53.9. The minimum atomic E-state index is -4.29. The summed E-state index contributed by atoms with van der Waals surface area (Å²) in [6.07, 6.45) is -4.79. The van der Waals surface area contributed by atoms with Crippen LogP contribution in [-0.4, -0.2) is 45.1 Å². The number of alkyl halides is 3. The largest absolute Gasteiger partial charge is 0.485 e. The van der Waals surface area contributed by atoms with Gasteiger partial charge in [0.1, 0.15) is 6.61 Å². The minimum Gasteiger partial charge on any atom is -0.485 e. The summed E-state index contributed by atoms with van der Waals surface area (Å²) in [7, 11) is 1.72. The lowest BCUT2D eigenvalue weighted by molar-refractivity contribution is -0.151. The van der Waals surface area contributed by atoms with Gasteiger partial charge in [-0.25, -0.2) is 4.68 Å². The fourth-order valence-corrected chi connectivity index (χ4v) is 3.35. The van der Waals surface area contributed by atoms with Gasteiger partial charge in [0.25, 0.3) is 0 Å². The molecule has 1 aliphatic rings. The smallest absolute Gasteiger partial charge is 0.401 e. The SMILES string of the molecule is CC(C)CN(Cn1nc([C@@H]2COc3ccccc3O2)n(C)c1=S)CC(F)(F)F. The van der Waals surface area contributed by atoms with Crippen molar-refractivity contribution in [1.82, 2.24) is 19.2 Å². The van der Waals surface area contributed by atoms with Gasteiger partial charge in [0.15, 0.2) is 28.2 Å². The van der Waals surface area contributed by atoms with E-state index in [4.69, 9.17) is 21.7 Å². The molecule has 0 N–H and O–H groups in total. The zero-order valence-corrected chi connectivity index (χ0v) is 16.8. The summed E-state index contributed by atoms with van der Waals surface area (Å²) in [6, 6.07) is 7.29. The number of fused-ring (bicyclic) bond motifs is 1. The highest BCUT2D eigenvalue weighted by atomic mass is 32.1. The van der Waals surface area contributed by atoms with Crippen LogP contribution < -0.4 is 9.47 Å². The van der Waals surface area contributed by atoms with Crippen molar-refractivity contribution in [1.29, 1.82) is 0 Å². The Kier molecular flexibility index (Phi) is 5.99. The van der Waals surface area contributed by atoms with Crippen molar-refractivity contribution >= 4 is 12.2 Å². The van der Waals surface area contributed by atoms with Gasteiger partial charge in [0.05, 0.1) is 13.2 Å². The average Bonchev–Trinajstić information content (AvgIpc) is 2.88. The average molecular weight is 416 g/mol. The molecule has 6 nitrogen and oxygen atoms in total. The molecule has 1 aliphatic heterocycles. The van der Waals surface area contributed by atoms with Crippen LogP contribution in [-0.2, 0) is 13.7 Å². The van der Waals surface area contributed by atoms with Gasteiger partial charge in [-0.15, -0.1) is 0 Å². The molecule has 2 heterocycles. The molecule has 0 saturated carbocycles. The molecule has 0 unspecified atom stereocenters. The Hall–Kier alpha value is -2.07. The van der Waals surface area contributed by atoms with E-state index in [0.717, 1.165) is 0 Å². The van der Waals surface area contributed by atoms with Gasteiger partial charge in [-0.05, 0) is 30.3 Å². The molecule has 0 bridgehead atoms. The Morgan fingerprint density at radius 2 is 1.96 bits per heavy atom. The van der Waals surface area contributed by atoms with Gasteiger partial charge >= 0.3 is 6.18 Å². The van der Waals surface area contributed by atoms with E-state index in [1.54, 1.807) is 17.7 Å². The van der Waals surface area contributed by atoms with Gasteiger partial charge in [-0.2, -0.15) is 18.3 Å². The van der Waals surface area contributed by atoms with Gasteiger partial charge in [0.2, 0.25) is 0 Å².